The topological polar surface area (TPSA) is 84.5 Å². The number of carbonyl (C=O) groups excluding carboxylic acids is 3. The Morgan fingerprint density at radius 3 is 2.38 bits per heavy atom. The maximum Gasteiger partial charge on any atom is 0.330 e. The van der Waals surface area contributed by atoms with Crippen LogP contribution in [0.1, 0.15) is 20.8 Å². The number of rotatable bonds is 7. The molecule has 0 heterocycles. The van der Waals surface area contributed by atoms with Crippen LogP contribution in [0, 0.1) is 5.82 Å². The summed E-state index contributed by atoms with van der Waals surface area (Å²) in [6.45, 7) is 4.71. The van der Waals surface area contributed by atoms with Crippen molar-refractivity contribution in [2.24, 2.45) is 0 Å². The minimum absolute atomic E-state index is 0.0462. The number of amides is 2. The van der Waals surface area contributed by atoms with Gasteiger partial charge in [-0.15, -0.1) is 11.8 Å². The highest BCUT2D eigenvalue weighted by molar-refractivity contribution is 8.01. The Kier molecular flexibility index (Phi) is 7.21. The molecule has 1 rings (SSSR count). The van der Waals surface area contributed by atoms with Gasteiger partial charge in [0.1, 0.15) is 11.4 Å². The van der Waals surface area contributed by atoms with Crippen molar-refractivity contribution in [2.45, 2.75) is 31.6 Å². The lowest BCUT2D eigenvalue weighted by atomic mass is 10.1. The van der Waals surface area contributed by atoms with Gasteiger partial charge in [0.05, 0.1) is 18.1 Å². The van der Waals surface area contributed by atoms with Gasteiger partial charge in [-0.1, -0.05) is 0 Å². The zero-order valence-electron chi connectivity index (χ0n) is 14.0. The second kappa shape index (κ2) is 8.68. The molecule has 0 aliphatic rings. The van der Waals surface area contributed by atoms with E-state index in [0.29, 0.717) is 5.69 Å². The SMILES string of the molecule is COC(=O)C(C)(C)NC(=O)C(C)SCC(=O)Nc1ccc(F)cc1. The van der Waals surface area contributed by atoms with E-state index < -0.39 is 16.8 Å². The molecule has 0 aliphatic heterocycles. The molecule has 6 nitrogen and oxygen atoms in total. The normalized spacial score (nSPS) is 12.2. The van der Waals surface area contributed by atoms with E-state index >= 15 is 0 Å². The van der Waals surface area contributed by atoms with Crippen LogP contribution in [0.25, 0.3) is 0 Å². The van der Waals surface area contributed by atoms with Crippen molar-refractivity contribution in [3.8, 4) is 0 Å². The number of nitrogens with one attached hydrogen (secondary N) is 2. The molecular formula is C16H21FN2O4S. The molecule has 0 spiro atoms. The number of halogens is 1. The van der Waals surface area contributed by atoms with Gasteiger partial charge in [0, 0.05) is 5.69 Å². The molecule has 2 N–H and O–H groups in total. The molecule has 0 saturated carbocycles. The van der Waals surface area contributed by atoms with Crippen LogP contribution in [0.15, 0.2) is 24.3 Å². The van der Waals surface area contributed by atoms with Crippen molar-refractivity contribution in [1.29, 1.82) is 0 Å². The van der Waals surface area contributed by atoms with Crippen LogP contribution in [0.4, 0.5) is 10.1 Å². The number of methoxy groups -OCH3 is 1. The molecule has 1 atom stereocenters. The fourth-order valence-corrected chi connectivity index (χ4v) is 2.41. The molecule has 2 amide bonds. The zero-order chi connectivity index (χ0) is 18.3. The van der Waals surface area contributed by atoms with Crippen LogP contribution in [-0.2, 0) is 19.1 Å². The van der Waals surface area contributed by atoms with E-state index in [2.05, 4.69) is 15.4 Å². The van der Waals surface area contributed by atoms with Crippen molar-refractivity contribution < 1.29 is 23.5 Å². The summed E-state index contributed by atoms with van der Waals surface area (Å²) in [6, 6.07) is 5.39. The minimum atomic E-state index is -1.14. The Bertz CT molecular complexity index is 605. The molecule has 0 bridgehead atoms. The highest BCUT2D eigenvalue weighted by atomic mass is 32.2. The number of hydrogen-bond acceptors (Lipinski definition) is 5. The quantitative estimate of drug-likeness (QED) is 0.730. The van der Waals surface area contributed by atoms with Crippen molar-refractivity contribution in [2.75, 3.05) is 18.2 Å². The van der Waals surface area contributed by atoms with E-state index in [4.69, 9.17) is 0 Å². The van der Waals surface area contributed by atoms with Gasteiger partial charge in [-0.25, -0.2) is 9.18 Å². The highest BCUT2D eigenvalue weighted by Crippen LogP contribution is 2.15. The Balaban J connectivity index is 2.45. The number of benzene rings is 1. The number of carbonyl (C=O) groups is 3. The summed E-state index contributed by atoms with van der Waals surface area (Å²) in [5.41, 5.74) is -0.664. The first-order chi connectivity index (χ1) is 11.2. The standard InChI is InChI=1S/C16H21FN2O4S/c1-10(14(21)19-16(2,3)15(22)23-4)24-9-13(20)18-12-7-5-11(17)6-8-12/h5-8,10H,9H2,1-4H3,(H,18,20)(H,19,21). The predicted molar refractivity (Wildman–Crippen MR) is 91.2 cm³/mol. The van der Waals surface area contributed by atoms with E-state index in [1.807, 2.05) is 0 Å². The van der Waals surface area contributed by atoms with E-state index in [9.17, 15) is 18.8 Å². The molecule has 24 heavy (non-hydrogen) atoms. The fourth-order valence-electron chi connectivity index (χ4n) is 1.72. The number of esters is 1. The first kappa shape index (κ1) is 20.0. The van der Waals surface area contributed by atoms with Crippen molar-refractivity contribution in [1.82, 2.24) is 5.32 Å². The summed E-state index contributed by atoms with van der Waals surface area (Å²) >= 11 is 1.12. The van der Waals surface area contributed by atoms with Crippen molar-refractivity contribution in [3.63, 3.8) is 0 Å². The van der Waals surface area contributed by atoms with Gasteiger partial charge < -0.3 is 15.4 Å². The average Bonchev–Trinajstić information content (AvgIpc) is 2.53. The second-order valence-electron chi connectivity index (χ2n) is 5.61. The minimum Gasteiger partial charge on any atom is -0.467 e. The van der Waals surface area contributed by atoms with Crippen LogP contribution in [0.3, 0.4) is 0 Å². The molecule has 132 valence electrons. The molecular weight excluding hydrogens is 335 g/mol. The zero-order valence-corrected chi connectivity index (χ0v) is 14.8. The van der Waals surface area contributed by atoms with Crippen LogP contribution in [0.2, 0.25) is 0 Å². The second-order valence-corrected chi connectivity index (χ2v) is 6.94. The van der Waals surface area contributed by atoms with E-state index in [0.717, 1.165) is 11.8 Å². The third-order valence-corrected chi connectivity index (χ3v) is 4.24. The Morgan fingerprint density at radius 2 is 1.83 bits per heavy atom. The molecule has 0 radical (unpaired) electrons. The third-order valence-electron chi connectivity index (χ3n) is 3.09. The molecule has 8 heteroatoms. The van der Waals surface area contributed by atoms with Crippen molar-refractivity contribution in [3.05, 3.63) is 30.1 Å². The monoisotopic (exact) mass is 356 g/mol. The Morgan fingerprint density at radius 1 is 1.25 bits per heavy atom. The molecule has 0 aliphatic carbocycles. The Labute approximate surface area is 144 Å². The largest absolute Gasteiger partial charge is 0.467 e. The van der Waals surface area contributed by atoms with Gasteiger partial charge >= 0.3 is 5.97 Å². The van der Waals surface area contributed by atoms with E-state index in [1.165, 1.54) is 45.2 Å². The lowest BCUT2D eigenvalue weighted by molar-refractivity contribution is -0.149. The maximum atomic E-state index is 12.8. The summed E-state index contributed by atoms with van der Waals surface area (Å²) in [5.74, 6) is -1.57. The first-order valence-corrected chi connectivity index (χ1v) is 8.28. The number of thioether (sulfide) groups is 1. The van der Waals surface area contributed by atoms with Gasteiger partial charge in [-0.05, 0) is 45.0 Å². The smallest absolute Gasteiger partial charge is 0.330 e. The van der Waals surface area contributed by atoms with E-state index in [-0.39, 0.29) is 23.4 Å². The third kappa shape index (κ3) is 6.19. The fraction of sp³-hybridized carbons (Fsp3) is 0.438. The van der Waals surface area contributed by atoms with Crippen LogP contribution in [-0.4, -0.2) is 41.4 Å². The lowest BCUT2D eigenvalue weighted by Crippen LogP contribution is -2.52. The summed E-state index contributed by atoms with van der Waals surface area (Å²) < 4.78 is 17.4. The van der Waals surface area contributed by atoms with Crippen molar-refractivity contribution >= 4 is 35.2 Å². The van der Waals surface area contributed by atoms with Crippen LogP contribution >= 0.6 is 11.8 Å². The molecule has 1 aromatic carbocycles. The summed E-state index contributed by atoms with van der Waals surface area (Å²) in [7, 11) is 1.24. The molecule has 0 fully saturated rings. The molecule has 0 aromatic heterocycles. The van der Waals surface area contributed by atoms with Crippen LogP contribution in [0.5, 0.6) is 0 Å². The summed E-state index contributed by atoms with van der Waals surface area (Å²) in [4.78, 5) is 35.5. The Hall–Kier alpha value is -2.09. The molecule has 1 unspecified atom stereocenters. The number of ether oxygens (including phenoxy) is 1. The predicted octanol–water partition coefficient (Wildman–Crippen LogP) is 1.95. The highest BCUT2D eigenvalue weighted by Gasteiger charge is 2.32. The van der Waals surface area contributed by atoms with Gasteiger partial charge in [0.15, 0.2) is 0 Å². The molecule has 1 aromatic rings. The number of anilines is 1. The maximum absolute atomic E-state index is 12.8. The van der Waals surface area contributed by atoms with Crippen LogP contribution < -0.4 is 10.6 Å². The van der Waals surface area contributed by atoms with Gasteiger partial charge in [0.25, 0.3) is 0 Å². The average molecular weight is 356 g/mol. The van der Waals surface area contributed by atoms with Gasteiger partial charge in [0.2, 0.25) is 11.8 Å². The molecule has 0 saturated heterocycles. The lowest BCUT2D eigenvalue weighted by Gasteiger charge is -2.24. The first-order valence-electron chi connectivity index (χ1n) is 7.23. The number of hydrogen-bond donors (Lipinski definition) is 2. The summed E-state index contributed by atoms with van der Waals surface area (Å²) in [6.07, 6.45) is 0. The van der Waals surface area contributed by atoms with Gasteiger partial charge in [-0.2, -0.15) is 0 Å². The van der Waals surface area contributed by atoms with Gasteiger partial charge in [-0.3, -0.25) is 9.59 Å². The van der Waals surface area contributed by atoms with E-state index in [1.54, 1.807) is 6.92 Å². The summed E-state index contributed by atoms with van der Waals surface area (Å²) in [5, 5.41) is 4.65.